The molecule has 6 heteroatoms. The number of carboxylic acid groups (broad SMARTS) is 1. The van der Waals surface area contributed by atoms with Crippen LogP contribution in [-0.2, 0) is 16.1 Å². The van der Waals surface area contributed by atoms with Crippen LogP contribution in [0.1, 0.15) is 29.5 Å². The van der Waals surface area contributed by atoms with Crippen molar-refractivity contribution in [2.45, 2.75) is 20.0 Å². The Morgan fingerprint density at radius 1 is 1.36 bits per heavy atom. The van der Waals surface area contributed by atoms with E-state index in [-0.39, 0.29) is 37.2 Å². The molecule has 1 amide bonds. The van der Waals surface area contributed by atoms with Gasteiger partial charge >= 0.3 is 5.97 Å². The van der Waals surface area contributed by atoms with Gasteiger partial charge in [-0.2, -0.15) is 0 Å². The molecule has 22 heavy (non-hydrogen) atoms. The maximum absolute atomic E-state index is 12.3. The fraction of sp³-hybridized carbons (Fsp3) is 0.375. The lowest BCUT2D eigenvalue weighted by atomic mass is 10.1. The topological polar surface area (TPSA) is 88.8 Å². The molecule has 0 aliphatic heterocycles. The number of nitrogens with one attached hydrogen (secondary N) is 1. The number of carbonyl (C=O) groups is 2. The Bertz CT molecular complexity index is 676. The lowest BCUT2D eigenvalue weighted by Gasteiger charge is -2.10. The van der Waals surface area contributed by atoms with Gasteiger partial charge in [0.1, 0.15) is 5.58 Å². The molecule has 2 aromatic rings. The van der Waals surface area contributed by atoms with E-state index in [2.05, 4.69) is 5.32 Å². The van der Waals surface area contributed by atoms with E-state index in [1.807, 2.05) is 18.2 Å². The van der Waals surface area contributed by atoms with Crippen molar-refractivity contribution >= 4 is 22.8 Å². The van der Waals surface area contributed by atoms with Crippen LogP contribution in [0.15, 0.2) is 28.7 Å². The second-order valence-electron chi connectivity index (χ2n) is 5.25. The number of para-hydroxylation sites is 1. The summed E-state index contributed by atoms with van der Waals surface area (Å²) in [4.78, 5) is 22.9. The molecule has 0 fully saturated rings. The zero-order valence-electron chi connectivity index (χ0n) is 12.6. The molecule has 1 heterocycles. The van der Waals surface area contributed by atoms with Gasteiger partial charge in [-0.15, -0.1) is 0 Å². The van der Waals surface area contributed by atoms with Gasteiger partial charge in [-0.25, -0.2) is 0 Å². The van der Waals surface area contributed by atoms with Crippen molar-refractivity contribution < 1.29 is 23.8 Å². The van der Waals surface area contributed by atoms with Crippen LogP contribution in [0.3, 0.4) is 0 Å². The van der Waals surface area contributed by atoms with Crippen molar-refractivity contribution in [2.24, 2.45) is 5.92 Å². The number of hydrogen-bond donors (Lipinski definition) is 2. The number of carbonyl (C=O) groups excluding carboxylic acids is 1. The lowest BCUT2D eigenvalue weighted by molar-refractivity contribution is -0.137. The monoisotopic (exact) mass is 305 g/mol. The first kappa shape index (κ1) is 16.0. The Morgan fingerprint density at radius 2 is 2.09 bits per heavy atom. The van der Waals surface area contributed by atoms with Gasteiger partial charge in [0.2, 0.25) is 0 Å². The lowest BCUT2D eigenvalue weighted by Crippen LogP contribution is -2.29. The number of ether oxygens (including phenoxy) is 1. The van der Waals surface area contributed by atoms with Crippen molar-refractivity contribution in [2.75, 3.05) is 13.7 Å². The van der Waals surface area contributed by atoms with Crippen LogP contribution in [0.5, 0.6) is 0 Å². The Morgan fingerprint density at radius 3 is 2.77 bits per heavy atom. The molecule has 1 aromatic carbocycles. The Balaban J connectivity index is 2.16. The summed E-state index contributed by atoms with van der Waals surface area (Å²) in [7, 11) is 1.55. The summed E-state index contributed by atoms with van der Waals surface area (Å²) in [6.07, 6.45) is 0.00530. The normalized spacial score (nSPS) is 12.3. The number of aliphatic carboxylic acids is 1. The van der Waals surface area contributed by atoms with Gasteiger partial charge in [0, 0.05) is 31.0 Å². The molecule has 0 aliphatic carbocycles. The molecule has 118 valence electrons. The first-order valence-electron chi connectivity index (χ1n) is 7.02. The van der Waals surface area contributed by atoms with Crippen LogP contribution in [0.25, 0.3) is 11.0 Å². The van der Waals surface area contributed by atoms with E-state index in [0.29, 0.717) is 11.1 Å². The van der Waals surface area contributed by atoms with Crippen LogP contribution < -0.4 is 5.32 Å². The molecule has 0 bridgehead atoms. The molecule has 1 unspecified atom stereocenters. The fourth-order valence-electron chi connectivity index (χ4n) is 2.29. The number of benzene rings is 1. The van der Waals surface area contributed by atoms with Gasteiger partial charge in [-0.05, 0) is 12.0 Å². The number of fused-ring (bicyclic) bond motifs is 1. The SMILES string of the molecule is COCc1c(C(=O)NCC(C)CC(=O)O)oc2ccccc12. The zero-order valence-corrected chi connectivity index (χ0v) is 12.6. The van der Waals surface area contributed by atoms with Crippen LogP contribution in [0, 0.1) is 5.92 Å². The number of rotatable bonds is 7. The molecular weight excluding hydrogens is 286 g/mol. The number of hydrogen-bond acceptors (Lipinski definition) is 4. The molecule has 2 N–H and O–H groups in total. The molecule has 1 aromatic heterocycles. The minimum atomic E-state index is -0.884. The molecule has 0 radical (unpaired) electrons. The average Bonchev–Trinajstić information content (AvgIpc) is 2.84. The van der Waals surface area contributed by atoms with E-state index in [9.17, 15) is 9.59 Å². The van der Waals surface area contributed by atoms with Crippen molar-refractivity contribution in [3.05, 3.63) is 35.6 Å². The van der Waals surface area contributed by atoms with Crippen molar-refractivity contribution in [3.63, 3.8) is 0 Å². The predicted molar refractivity (Wildman–Crippen MR) is 80.7 cm³/mol. The quantitative estimate of drug-likeness (QED) is 0.820. The highest BCUT2D eigenvalue weighted by Crippen LogP contribution is 2.26. The van der Waals surface area contributed by atoms with Crippen LogP contribution in [0.2, 0.25) is 0 Å². The molecule has 0 saturated heterocycles. The minimum absolute atomic E-state index is 0.00530. The molecule has 2 rings (SSSR count). The van der Waals surface area contributed by atoms with Crippen molar-refractivity contribution in [3.8, 4) is 0 Å². The maximum Gasteiger partial charge on any atom is 0.303 e. The highest BCUT2D eigenvalue weighted by Gasteiger charge is 2.20. The van der Waals surface area contributed by atoms with Crippen LogP contribution >= 0.6 is 0 Å². The van der Waals surface area contributed by atoms with E-state index in [4.69, 9.17) is 14.3 Å². The van der Waals surface area contributed by atoms with E-state index in [1.165, 1.54) is 0 Å². The van der Waals surface area contributed by atoms with Gasteiger partial charge in [-0.1, -0.05) is 25.1 Å². The summed E-state index contributed by atoms with van der Waals surface area (Å²) in [5.41, 5.74) is 1.32. The number of amides is 1. The molecular formula is C16H19NO5. The van der Waals surface area contributed by atoms with Crippen LogP contribution in [-0.4, -0.2) is 30.6 Å². The summed E-state index contributed by atoms with van der Waals surface area (Å²) < 4.78 is 10.8. The van der Waals surface area contributed by atoms with Crippen LogP contribution in [0.4, 0.5) is 0 Å². The number of carboxylic acids is 1. The highest BCUT2D eigenvalue weighted by molar-refractivity contribution is 5.99. The molecule has 1 atom stereocenters. The smallest absolute Gasteiger partial charge is 0.303 e. The summed E-state index contributed by atoms with van der Waals surface area (Å²) in [6, 6.07) is 7.36. The van der Waals surface area contributed by atoms with E-state index >= 15 is 0 Å². The van der Waals surface area contributed by atoms with Crippen molar-refractivity contribution in [1.82, 2.24) is 5.32 Å². The Kier molecular flexibility index (Phi) is 5.16. The second kappa shape index (κ2) is 7.09. The first-order valence-corrected chi connectivity index (χ1v) is 7.02. The van der Waals surface area contributed by atoms with Crippen molar-refractivity contribution in [1.29, 1.82) is 0 Å². The number of methoxy groups -OCH3 is 1. The van der Waals surface area contributed by atoms with E-state index < -0.39 is 5.97 Å². The third-order valence-corrected chi connectivity index (χ3v) is 3.33. The largest absolute Gasteiger partial charge is 0.481 e. The summed E-state index contributed by atoms with van der Waals surface area (Å²) in [6.45, 7) is 2.31. The predicted octanol–water partition coefficient (Wildman–Crippen LogP) is 2.42. The first-order chi connectivity index (χ1) is 10.5. The Hall–Kier alpha value is -2.34. The van der Waals surface area contributed by atoms with E-state index in [0.717, 1.165) is 5.39 Å². The fourth-order valence-corrected chi connectivity index (χ4v) is 2.29. The average molecular weight is 305 g/mol. The minimum Gasteiger partial charge on any atom is -0.481 e. The van der Waals surface area contributed by atoms with Gasteiger partial charge < -0.3 is 19.6 Å². The summed E-state index contributed by atoms with van der Waals surface area (Å²) in [5.74, 6) is -1.19. The van der Waals surface area contributed by atoms with E-state index in [1.54, 1.807) is 20.1 Å². The van der Waals surface area contributed by atoms with Gasteiger partial charge in [0.15, 0.2) is 5.76 Å². The zero-order chi connectivity index (χ0) is 16.1. The third kappa shape index (κ3) is 3.65. The van der Waals surface area contributed by atoms with Gasteiger partial charge in [0.25, 0.3) is 5.91 Å². The maximum atomic E-state index is 12.3. The summed E-state index contributed by atoms with van der Waals surface area (Å²) >= 11 is 0. The Labute approximate surface area is 128 Å². The number of furan rings is 1. The molecule has 0 saturated carbocycles. The van der Waals surface area contributed by atoms with Gasteiger partial charge in [-0.3, -0.25) is 9.59 Å². The highest BCUT2D eigenvalue weighted by atomic mass is 16.5. The van der Waals surface area contributed by atoms with Gasteiger partial charge in [0.05, 0.1) is 6.61 Å². The molecule has 0 spiro atoms. The second-order valence-corrected chi connectivity index (χ2v) is 5.25. The molecule has 6 nitrogen and oxygen atoms in total. The standard InChI is InChI=1S/C16H19NO5/c1-10(7-14(18)19)8-17-16(20)15-12(9-21-2)11-5-3-4-6-13(11)22-15/h3-6,10H,7-9H2,1-2H3,(H,17,20)(H,18,19). The third-order valence-electron chi connectivity index (χ3n) is 3.33. The molecule has 0 aliphatic rings. The summed E-state index contributed by atoms with van der Waals surface area (Å²) in [5, 5.41) is 12.3.